The van der Waals surface area contributed by atoms with Gasteiger partial charge in [-0.2, -0.15) is 0 Å². The third-order valence-electron chi connectivity index (χ3n) is 5.69. The number of hydrogen-bond acceptors (Lipinski definition) is 5. The van der Waals surface area contributed by atoms with Crippen LogP contribution in [0.15, 0.2) is 51.9 Å². The van der Waals surface area contributed by atoms with E-state index in [4.69, 9.17) is 4.52 Å². The van der Waals surface area contributed by atoms with Crippen molar-refractivity contribution in [2.45, 2.75) is 24.5 Å². The van der Waals surface area contributed by atoms with Crippen molar-refractivity contribution in [3.63, 3.8) is 0 Å². The number of piperazine rings is 1. The van der Waals surface area contributed by atoms with Crippen molar-refractivity contribution in [3.8, 4) is 0 Å². The van der Waals surface area contributed by atoms with E-state index in [0.717, 1.165) is 34.0 Å². The van der Waals surface area contributed by atoms with E-state index in [9.17, 15) is 18.4 Å². The predicted octanol–water partition coefficient (Wildman–Crippen LogP) is 4.46. The van der Waals surface area contributed by atoms with Crippen LogP contribution in [0.1, 0.15) is 37.7 Å². The molecule has 0 bridgehead atoms. The molecule has 9 heteroatoms. The fourth-order valence-electron chi connectivity index (χ4n) is 3.72. The first-order valence-electron chi connectivity index (χ1n) is 10.5. The lowest BCUT2D eigenvalue weighted by atomic mass is 10.1. The van der Waals surface area contributed by atoms with Gasteiger partial charge in [0.15, 0.2) is 11.6 Å². The lowest BCUT2D eigenvalue weighted by molar-refractivity contribution is 0.0533. The minimum absolute atomic E-state index is 0.0924. The Labute approximate surface area is 194 Å². The molecule has 6 nitrogen and oxygen atoms in total. The topological polar surface area (TPSA) is 66.7 Å². The average Bonchev–Trinajstić information content (AvgIpc) is 3.16. The quantitative estimate of drug-likeness (QED) is 0.514. The van der Waals surface area contributed by atoms with Gasteiger partial charge in [0, 0.05) is 48.0 Å². The van der Waals surface area contributed by atoms with Crippen LogP contribution < -0.4 is 0 Å². The number of carbonyl (C=O) groups excluding carboxylic acids is 2. The summed E-state index contributed by atoms with van der Waals surface area (Å²) in [6.07, 6.45) is 0. The van der Waals surface area contributed by atoms with Crippen molar-refractivity contribution >= 4 is 23.6 Å². The molecule has 0 radical (unpaired) electrons. The SMILES string of the molecule is Cc1noc(C)c1CSc1ccccc1C(=O)N1CCN(C(=O)c2ccc(F)c(F)c2)CC1. The lowest BCUT2D eigenvalue weighted by Crippen LogP contribution is -2.50. The molecule has 33 heavy (non-hydrogen) atoms. The van der Waals surface area contributed by atoms with Gasteiger partial charge in [-0.25, -0.2) is 8.78 Å². The van der Waals surface area contributed by atoms with Crippen LogP contribution in [0.25, 0.3) is 0 Å². The molecule has 4 rings (SSSR count). The van der Waals surface area contributed by atoms with Gasteiger partial charge in [0.1, 0.15) is 5.76 Å². The number of nitrogens with zero attached hydrogens (tertiary/aromatic N) is 3. The molecular formula is C24H23F2N3O3S. The molecular weight excluding hydrogens is 448 g/mol. The van der Waals surface area contributed by atoms with Gasteiger partial charge in [0.2, 0.25) is 0 Å². The molecule has 2 aromatic carbocycles. The second kappa shape index (κ2) is 9.74. The molecule has 0 spiro atoms. The molecule has 1 aromatic heterocycles. The zero-order chi connectivity index (χ0) is 23.5. The van der Waals surface area contributed by atoms with Crippen molar-refractivity contribution < 1.29 is 22.9 Å². The second-order valence-corrected chi connectivity index (χ2v) is 8.82. The van der Waals surface area contributed by atoms with Gasteiger partial charge in [0.25, 0.3) is 11.8 Å². The fourth-order valence-corrected chi connectivity index (χ4v) is 4.92. The Morgan fingerprint density at radius 2 is 1.64 bits per heavy atom. The van der Waals surface area contributed by atoms with E-state index in [-0.39, 0.29) is 17.4 Å². The highest BCUT2D eigenvalue weighted by atomic mass is 32.2. The van der Waals surface area contributed by atoms with E-state index in [1.54, 1.807) is 27.6 Å². The summed E-state index contributed by atoms with van der Waals surface area (Å²) >= 11 is 1.55. The summed E-state index contributed by atoms with van der Waals surface area (Å²) in [5.74, 6) is -1.12. The van der Waals surface area contributed by atoms with E-state index >= 15 is 0 Å². The standard InChI is InChI=1S/C24H23F2N3O3S/c1-15-19(16(2)32-27-15)14-33-22-6-4-3-5-18(22)24(31)29-11-9-28(10-12-29)23(30)17-7-8-20(25)21(26)13-17/h3-8,13H,9-12,14H2,1-2H3. The van der Waals surface area contributed by atoms with Crippen LogP contribution in [-0.2, 0) is 5.75 Å². The number of thioether (sulfide) groups is 1. The van der Waals surface area contributed by atoms with Crippen LogP contribution in [-0.4, -0.2) is 52.9 Å². The number of hydrogen-bond donors (Lipinski definition) is 0. The van der Waals surface area contributed by atoms with E-state index in [2.05, 4.69) is 5.16 Å². The maximum absolute atomic E-state index is 13.5. The molecule has 1 fully saturated rings. The van der Waals surface area contributed by atoms with Crippen molar-refractivity contribution in [3.05, 3.63) is 82.2 Å². The number of aromatic nitrogens is 1. The summed E-state index contributed by atoms with van der Waals surface area (Å²) in [7, 11) is 0. The van der Waals surface area contributed by atoms with Crippen molar-refractivity contribution in [2.75, 3.05) is 26.2 Å². The van der Waals surface area contributed by atoms with Gasteiger partial charge in [-0.05, 0) is 44.2 Å². The normalized spacial score (nSPS) is 13.9. The first-order valence-corrected chi connectivity index (χ1v) is 11.5. The monoisotopic (exact) mass is 471 g/mol. The van der Waals surface area contributed by atoms with E-state index in [0.29, 0.717) is 37.5 Å². The minimum atomic E-state index is -1.06. The number of benzene rings is 2. The Hall–Kier alpha value is -3.20. The molecule has 0 unspecified atom stereocenters. The molecule has 0 N–H and O–H groups in total. The first-order chi connectivity index (χ1) is 15.8. The molecule has 2 amide bonds. The molecule has 0 saturated carbocycles. The van der Waals surface area contributed by atoms with E-state index in [1.807, 2.05) is 32.0 Å². The molecule has 0 aliphatic carbocycles. The second-order valence-electron chi connectivity index (χ2n) is 7.80. The van der Waals surface area contributed by atoms with Crippen LogP contribution in [0, 0.1) is 25.5 Å². The summed E-state index contributed by atoms with van der Waals surface area (Å²) in [4.78, 5) is 30.0. The maximum Gasteiger partial charge on any atom is 0.255 e. The Balaban J connectivity index is 1.40. The van der Waals surface area contributed by atoms with Crippen LogP contribution in [0.5, 0.6) is 0 Å². The molecule has 1 aliphatic heterocycles. The van der Waals surface area contributed by atoms with Gasteiger partial charge in [-0.15, -0.1) is 11.8 Å². The Bertz CT molecular complexity index is 1170. The van der Waals surface area contributed by atoms with Crippen molar-refractivity contribution in [1.82, 2.24) is 15.0 Å². The van der Waals surface area contributed by atoms with Crippen LogP contribution in [0.2, 0.25) is 0 Å². The van der Waals surface area contributed by atoms with Gasteiger partial charge in [-0.3, -0.25) is 9.59 Å². The molecule has 172 valence electrons. The largest absolute Gasteiger partial charge is 0.361 e. The maximum atomic E-state index is 13.5. The zero-order valence-electron chi connectivity index (χ0n) is 18.3. The van der Waals surface area contributed by atoms with Gasteiger partial charge in [-0.1, -0.05) is 17.3 Å². The van der Waals surface area contributed by atoms with E-state index in [1.165, 1.54) is 6.07 Å². The highest BCUT2D eigenvalue weighted by molar-refractivity contribution is 7.98. The van der Waals surface area contributed by atoms with Crippen molar-refractivity contribution in [1.29, 1.82) is 0 Å². The molecule has 1 aliphatic rings. The zero-order valence-corrected chi connectivity index (χ0v) is 19.1. The highest BCUT2D eigenvalue weighted by Crippen LogP contribution is 2.29. The Morgan fingerprint density at radius 3 is 2.27 bits per heavy atom. The predicted molar refractivity (Wildman–Crippen MR) is 120 cm³/mol. The number of halogens is 2. The number of aryl methyl sites for hydroxylation is 2. The third kappa shape index (κ3) is 4.93. The van der Waals surface area contributed by atoms with Crippen molar-refractivity contribution in [2.24, 2.45) is 0 Å². The lowest BCUT2D eigenvalue weighted by Gasteiger charge is -2.35. The summed E-state index contributed by atoms with van der Waals surface area (Å²) in [5.41, 5.74) is 2.56. The summed E-state index contributed by atoms with van der Waals surface area (Å²) in [5, 5.41) is 3.98. The number of amides is 2. The Kier molecular flexibility index (Phi) is 6.78. The molecule has 0 atom stereocenters. The van der Waals surface area contributed by atoms with Crippen LogP contribution in [0.4, 0.5) is 8.78 Å². The summed E-state index contributed by atoms with van der Waals surface area (Å²) in [6, 6.07) is 10.6. The smallest absolute Gasteiger partial charge is 0.255 e. The highest BCUT2D eigenvalue weighted by Gasteiger charge is 2.27. The Morgan fingerprint density at radius 1 is 0.970 bits per heavy atom. The number of carbonyl (C=O) groups is 2. The molecule has 1 saturated heterocycles. The fraction of sp³-hybridized carbons (Fsp3) is 0.292. The van der Waals surface area contributed by atoms with E-state index < -0.39 is 11.6 Å². The first kappa shape index (κ1) is 23.0. The van der Waals surface area contributed by atoms with Gasteiger partial charge >= 0.3 is 0 Å². The van der Waals surface area contributed by atoms with Gasteiger partial charge < -0.3 is 14.3 Å². The van der Waals surface area contributed by atoms with Crippen LogP contribution >= 0.6 is 11.8 Å². The molecule has 3 aromatic rings. The van der Waals surface area contributed by atoms with Crippen LogP contribution in [0.3, 0.4) is 0 Å². The summed E-state index contributed by atoms with van der Waals surface area (Å²) < 4.78 is 31.9. The average molecular weight is 472 g/mol. The minimum Gasteiger partial charge on any atom is -0.361 e. The third-order valence-corrected chi connectivity index (χ3v) is 6.79. The molecule has 2 heterocycles. The summed E-state index contributed by atoms with van der Waals surface area (Å²) in [6.45, 7) is 5.11. The van der Waals surface area contributed by atoms with Gasteiger partial charge in [0.05, 0.1) is 11.3 Å². The number of rotatable bonds is 5.